The van der Waals surface area contributed by atoms with E-state index in [-0.39, 0.29) is 29.5 Å². The van der Waals surface area contributed by atoms with Crippen molar-refractivity contribution in [2.24, 2.45) is 0 Å². The van der Waals surface area contributed by atoms with E-state index >= 15 is 0 Å². The van der Waals surface area contributed by atoms with E-state index in [1.807, 2.05) is 68.4 Å². The molecule has 0 saturated heterocycles. The van der Waals surface area contributed by atoms with Crippen LogP contribution >= 0.6 is 0 Å². The van der Waals surface area contributed by atoms with Crippen molar-refractivity contribution in [2.45, 2.75) is 44.2 Å². The lowest BCUT2D eigenvalue weighted by atomic mass is 10.0. The van der Waals surface area contributed by atoms with Gasteiger partial charge < -0.3 is 10.2 Å². The fourth-order valence-corrected chi connectivity index (χ4v) is 6.08. The molecule has 0 saturated carbocycles. The number of amides is 2. The number of benzene rings is 4. The molecule has 0 unspecified atom stereocenters. The van der Waals surface area contributed by atoms with Gasteiger partial charge in [-0.25, -0.2) is 12.8 Å². The van der Waals surface area contributed by atoms with Crippen molar-refractivity contribution < 1.29 is 22.4 Å². The SMILES string of the molecule is CCCNC(=O)[C@@H](Cc1ccccc1)N(Cc1ccc(C)cc1)C(=O)CN(c1ccccc1)S(=O)(=O)c1ccc(F)cc1. The molecule has 0 bridgehead atoms. The Morgan fingerprint density at radius 2 is 1.42 bits per heavy atom. The zero-order chi connectivity index (χ0) is 30.8. The van der Waals surface area contributed by atoms with Crippen LogP contribution in [0.4, 0.5) is 10.1 Å². The van der Waals surface area contributed by atoms with Gasteiger partial charge in [-0.15, -0.1) is 0 Å². The van der Waals surface area contributed by atoms with Crippen molar-refractivity contribution in [3.05, 3.63) is 132 Å². The maximum absolute atomic E-state index is 14.3. The van der Waals surface area contributed by atoms with Crippen LogP contribution < -0.4 is 9.62 Å². The molecule has 0 fully saturated rings. The standard InChI is InChI=1S/C34H36FN3O4S/c1-3-22-36-34(40)32(23-27-10-6-4-7-11-27)37(24-28-16-14-26(2)15-17-28)33(39)25-38(30-12-8-5-9-13-30)43(41,42)31-20-18-29(35)19-21-31/h4-21,32H,3,22-25H2,1-2H3,(H,36,40)/t32-/m1/s1. The summed E-state index contributed by atoms with van der Waals surface area (Å²) in [6, 6.07) is 28.9. The number of nitrogens with zero attached hydrogens (tertiary/aromatic N) is 2. The molecule has 0 aliphatic rings. The minimum Gasteiger partial charge on any atom is -0.354 e. The number of carbonyl (C=O) groups is 2. The molecule has 1 N–H and O–H groups in total. The smallest absolute Gasteiger partial charge is 0.264 e. The van der Waals surface area contributed by atoms with E-state index in [0.717, 1.165) is 33.1 Å². The third-order valence-electron chi connectivity index (χ3n) is 7.02. The van der Waals surface area contributed by atoms with E-state index in [9.17, 15) is 22.4 Å². The maximum Gasteiger partial charge on any atom is 0.264 e. The van der Waals surface area contributed by atoms with Crippen LogP contribution in [-0.4, -0.2) is 44.3 Å². The second-order valence-electron chi connectivity index (χ2n) is 10.3. The molecular formula is C34H36FN3O4S. The van der Waals surface area contributed by atoms with E-state index in [4.69, 9.17) is 0 Å². The van der Waals surface area contributed by atoms with Gasteiger partial charge in [0.15, 0.2) is 0 Å². The average molecular weight is 602 g/mol. The molecule has 7 nitrogen and oxygen atoms in total. The van der Waals surface area contributed by atoms with Crippen LogP contribution in [0, 0.1) is 12.7 Å². The highest BCUT2D eigenvalue weighted by Gasteiger charge is 2.34. The quantitative estimate of drug-likeness (QED) is 0.219. The lowest BCUT2D eigenvalue weighted by Gasteiger charge is -2.34. The molecule has 0 aliphatic carbocycles. The Labute approximate surface area is 253 Å². The highest BCUT2D eigenvalue weighted by atomic mass is 32.2. The zero-order valence-corrected chi connectivity index (χ0v) is 25.1. The van der Waals surface area contributed by atoms with Crippen LogP contribution in [0.15, 0.2) is 114 Å². The summed E-state index contributed by atoms with van der Waals surface area (Å²) in [4.78, 5) is 29.3. The first-order valence-electron chi connectivity index (χ1n) is 14.2. The third kappa shape index (κ3) is 8.29. The number of carbonyl (C=O) groups excluding carboxylic acids is 2. The molecule has 4 aromatic carbocycles. The van der Waals surface area contributed by atoms with Crippen molar-refractivity contribution in [3.8, 4) is 0 Å². The van der Waals surface area contributed by atoms with Gasteiger partial charge >= 0.3 is 0 Å². The van der Waals surface area contributed by atoms with Gasteiger partial charge in [-0.1, -0.05) is 85.3 Å². The van der Waals surface area contributed by atoms with E-state index in [1.165, 1.54) is 17.0 Å². The summed E-state index contributed by atoms with van der Waals surface area (Å²) in [5.41, 5.74) is 2.97. The van der Waals surface area contributed by atoms with E-state index < -0.39 is 34.3 Å². The Hall–Kier alpha value is -4.50. The fourth-order valence-electron chi connectivity index (χ4n) is 4.67. The minimum atomic E-state index is -4.28. The zero-order valence-electron chi connectivity index (χ0n) is 24.3. The van der Waals surface area contributed by atoms with Crippen LogP contribution in [-0.2, 0) is 32.6 Å². The van der Waals surface area contributed by atoms with Crippen LogP contribution in [0.25, 0.3) is 0 Å². The number of hydrogen-bond acceptors (Lipinski definition) is 4. The third-order valence-corrected chi connectivity index (χ3v) is 8.81. The van der Waals surface area contributed by atoms with Crippen molar-refractivity contribution >= 4 is 27.5 Å². The summed E-state index contributed by atoms with van der Waals surface area (Å²) >= 11 is 0. The Balaban J connectivity index is 1.77. The largest absolute Gasteiger partial charge is 0.354 e. The Morgan fingerprint density at radius 1 is 0.814 bits per heavy atom. The maximum atomic E-state index is 14.3. The Bertz CT molecular complexity index is 1600. The summed E-state index contributed by atoms with van der Waals surface area (Å²) in [6.07, 6.45) is 0.956. The Morgan fingerprint density at radius 3 is 2.02 bits per heavy atom. The Kier molecular flexibility index (Phi) is 10.7. The number of nitrogens with one attached hydrogen (secondary N) is 1. The predicted molar refractivity (Wildman–Crippen MR) is 166 cm³/mol. The molecule has 9 heteroatoms. The number of halogens is 1. The molecule has 0 spiro atoms. The number of para-hydroxylation sites is 1. The number of rotatable bonds is 13. The van der Waals surface area contributed by atoms with Gasteiger partial charge in [0.25, 0.3) is 10.0 Å². The molecular weight excluding hydrogens is 565 g/mol. The van der Waals surface area contributed by atoms with Crippen LogP contribution in [0.3, 0.4) is 0 Å². The molecule has 0 radical (unpaired) electrons. The minimum absolute atomic E-state index is 0.0926. The van der Waals surface area contributed by atoms with Gasteiger partial charge in [0.2, 0.25) is 11.8 Å². The lowest BCUT2D eigenvalue weighted by Crippen LogP contribution is -2.53. The fraction of sp³-hybridized carbons (Fsp3) is 0.235. The molecule has 4 rings (SSSR count). The molecule has 4 aromatic rings. The highest BCUT2D eigenvalue weighted by Crippen LogP contribution is 2.25. The lowest BCUT2D eigenvalue weighted by molar-refractivity contribution is -0.140. The average Bonchev–Trinajstić information content (AvgIpc) is 3.02. The molecule has 0 heterocycles. The van der Waals surface area contributed by atoms with Crippen LogP contribution in [0.2, 0.25) is 0 Å². The van der Waals surface area contributed by atoms with Gasteiger partial charge in [0, 0.05) is 19.5 Å². The number of hydrogen-bond donors (Lipinski definition) is 1. The van der Waals surface area contributed by atoms with E-state index in [2.05, 4.69) is 5.32 Å². The highest BCUT2D eigenvalue weighted by molar-refractivity contribution is 7.92. The van der Waals surface area contributed by atoms with Crippen molar-refractivity contribution in [3.63, 3.8) is 0 Å². The molecule has 0 aromatic heterocycles. The molecule has 1 atom stereocenters. The van der Waals surface area contributed by atoms with Gasteiger partial charge in [-0.05, 0) is 60.9 Å². The first-order chi connectivity index (χ1) is 20.7. The summed E-state index contributed by atoms with van der Waals surface area (Å²) < 4.78 is 42.5. The van der Waals surface area contributed by atoms with Gasteiger partial charge in [-0.2, -0.15) is 0 Å². The summed E-state index contributed by atoms with van der Waals surface area (Å²) in [5.74, 6) is -1.45. The molecule has 0 aliphatic heterocycles. The molecule has 43 heavy (non-hydrogen) atoms. The van der Waals surface area contributed by atoms with Crippen LogP contribution in [0.1, 0.15) is 30.0 Å². The normalized spacial score (nSPS) is 11.9. The second-order valence-corrected chi connectivity index (χ2v) is 12.2. The van der Waals surface area contributed by atoms with Gasteiger partial charge in [0.1, 0.15) is 18.4 Å². The summed E-state index contributed by atoms with van der Waals surface area (Å²) in [6.45, 7) is 3.87. The number of aryl methyl sites for hydroxylation is 1. The monoisotopic (exact) mass is 601 g/mol. The van der Waals surface area contributed by atoms with E-state index in [0.29, 0.717) is 13.0 Å². The predicted octanol–water partition coefficient (Wildman–Crippen LogP) is 5.50. The topological polar surface area (TPSA) is 86.8 Å². The van der Waals surface area contributed by atoms with Crippen molar-refractivity contribution in [1.29, 1.82) is 0 Å². The molecule has 2 amide bonds. The molecule has 224 valence electrons. The first-order valence-corrected chi connectivity index (χ1v) is 15.6. The number of anilines is 1. The van der Waals surface area contributed by atoms with E-state index in [1.54, 1.807) is 30.3 Å². The second kappa shape index (κ2) is 14.6. The first kappa shape index (κ1) is 31.4. The van der Waals surface area contributed by atoms with Crippen molar-refractivity contribution in [1.82, 2.24) is 10.2 Å². The van der Waals surface area contributed by atoms with Gasteiger partial charge in [-0.3, -0.25) is 13.9 Å². The summed E-state index contributed by atoms with van der Waals surface area (Å²) in [7, 11) is -4.28. The van der Waals surface area contributed by atoms with Gasteiger partial charge in [0.05, 0.1) is 10.6 Å². The van der Waals surface area contributed by atoms with Crippen molar-refractivity contribution in [2.75, 3.05) is 17.4 Å². The number of sulfonamides is 1. The van der Waals surface area contributed by atoms with Crippen LogP contribution in [0.5, 0.6) is 0 Å². The summed E-state index contributed by atoms with van der Waals surface area (Å²) in [5, 5.41) is 2.93.